The minimum Gasteiger partial charge on any atom is -0.472 e. The summed E-state index contributed by atoms with van der Waals surface area (Å²) in [6.07, 6.45) is 7.42. The lowest BCUT2D eigenvalue weighted by molar-refractivity contribution is 0.514. The van der Waals surface area contributed by atoms with Crippen LogP contribution in [0.4, 0.5) is 0 Å². The Hall–Kier alpha value is -1.72. The van der Waals surface area contributed by atoms with Gasteiger partial charge in [-0.1, -0.05) is 0 Å². The van der Waals surface area contributed by atoms with Crippen molar-refractivity contribution in [1.82, 2.24) is 15.4 Å². The lowest BCUT2D eigenvalue weighted by Crippen LogP contribution is -2.30. The van der Waals surface area contributed by atoms with E-state index in [1.165, 1.54) is 0 Å². The van der Waals surface area contributed by atoms with Gasteiger partial charge in [0, 0.05) is 12.4 Å². The van der Waals surface area contributed by atoms with Crippen LogP contribution in [0.1, 0.15) is 17.4 Å². The molecule has 78 valence electrons. The fourth-order valence-corrected chi connectivity index (χ4v) is 1.36. The van der Waals surface area contributed by atoms with Crippen molar-refractivity contribution in [1.29, 1.82) is 0 Å². The van der Waals surface area contributed by atoms with Crippen molar-refractivity contribution in [3.63, 3.8) is 0 Å². The molecular weight excluding hydrogens is 192 g/mol. The average molecular weight is 204 g/mol. The topological polar surface area (TPSA) is 77.0 Å². The van der Waals surface area contributed by atoms with Gasteiger partial charge in [-0.25, -0.2) is 15.4 Å². The maximum Gasteiger partial charge on any atom is 0.146 e. The first-order chi connectivity index (χ1) is 7.40. The normalized spacial score (nSPS) is 12.6. The Balaban J connectivity index is 2.12. The van der Waals surface area contributed by atoms with Crippen LogP contribution in [-0.2, 0) is 6.42 Å². The van der Waals surface area contributed by atoms with E-state index in [4.69, 9.17) is 10.3 Å². The number of nitrogens with zero attached hydrogens (tertiary/aromatic N) is 2. The molecule has 2 rings (SSSR count). The Bertz CT molecular complexity index is 387. The van der Waals surface area contributed by atoms with E-state index in [0.29, 0.717) is 12.2 Å². The summed E-state index contributed by atoms with van der Waals surface area (Å²) in [6.45, 7) is 0. The lowest BCUT2D eigenvalue weighted by Gasteiger charge is -2.12. The van der Waals surface area contributed by atoms with Gasteiger partial charge in [-0.15, -0.1) is 0 Å². The first kappa shape index (κ1) is 9.82. The number of furan rings is 1. The number of hydrogen-bond donors (Lipinski definition) is 2. The molecule has 1 atom stereocenters. The van der Waals surface area contributed by atoms with Crippen LogP contribution in [0.5, 0.6) is 0 Å². The van der Waals surface area contributed by atoms with Crippen LogP contribution in [0.2, 0.25) is 0 Å². The molecule has 0 bridgehead atoms. The summed E-state index contributed by atoms with van der Waals surface area (Å²) in [7, 11) is 0. The van der Waals surface area contributed by atoms with E-state index < -0.39 is 0 Å². The molecule has 15 heavy (non-hydrogen) atoms. The van der Waals surface area contributed by atoms with Crippen LogP contribution < -0.4 is 11.3 Å². The number of hydrogen-bond acceptors (Lipinski definition) is 5. The van der Waals surface area contributed by atoms with Crippen LogP contribution in [-0.4, -0.2) is 9.97 Å². The molecule has 0 aliphatic heterocycles. The molecule has 0 radical (unpaired) electrons. The third-order valence-electron chi connectivity index (χ3n) is 2.12. The van der Waals surface area contributed by atoms with Gasteiger partial charge in [-0.05, 0) is 24.1 Å². The minimum atomic E-state index is -0.0937. The Morgan fingerprint density at radius 3 is 2.80 bits per heavy atom. The zero-order valence-corrected chi connectivity index (χ0v) is 8.13. The summed E-state index contributed by atoms with van der Waals surface area (Å²) in [5, 5.41) is 0. The molecule has 0 aliphatic carbocycles. The molecule has 0 amide bonds. The quantitative estimate of drug-likeness (QED) is 0.569. The van der Waals surface area contributed by atoms with E-state index in [1.807, 2.05) is 6.07 Å². The van der Waals surface area contributed by atoms with Crippen LogP contribution in [0.25, 0.3) is 0 Å². The summed E-state index contributed by atoms with van der Waals surface area (Å²) >= 11 is 0. The van der Waals surface area contributed by atoms with Crippen molar-refractivity contribution in [3.8, 4) is 0 Å². The van der Waals surface area contributed by atoms with E-state index in [9.17, 15) is 0 Å². The first-order valence-corrected chi connectivity index (χ1v) is 4.64. The predicted octanol–water partition coefficient (Wildman–Crippen LogP) is 0.817. The van der Waals surface area contributed by atoms with Gasteiger partial charge in [0.15, 0.2) is 0 Å². The third-order valence-corrected chi connectivity index (χ3v) is 2.12. The van der Waals surface area contributed by atoms with Crippen LogP contribution >= 0.6 is 0 Å². The molecule has 0 saturated heterocycles. The predicted molar refractivity (Wildman–Crippen MR) is 54.5 cm³/mol. The molecule has 1 unspecified atom stereocenters. The van der Waals surface area contributed by atoms with E-state index in [2.05, 4.69) is 15.4 Å². The molecule has 0 spiro atoms. The molecule has 2 aromatic rings. The molecule has 2 heterocycles. The highest BCUT2D eigenvalue weighted by Crippen LogP contribution is 2.13. The standard InChI is InChI=1S/C10H12N4O/c11-14-9(6-8-2-5-15-7-8)10-12-3-1-4-13-10/h1-5,7,9,14H,6,11H2. The summed E-state index contributed by atoms with van der Waals surface area (Å²) in [5.41, 5.74) is 3.75. The van der Waals surface area contributed by atoms with Gasteiger partial charge in [-0.3, -0.25) is 5.84 Å². The van der Waals surface area contributed by atoms with E-state index in [0.717, 1.165) is 5.56 Å². The van der Waals surface area contributed by atoms with Crippen molar-refractivity contribution in [3.05, 3.63) is 48.4 Å². The molecule has 0 saturated carbocycles. The fourth-order valence-electron chi connectivity index (χ4n) is 1.36. The fraction of sp³-hybridized carbons (Fsp3) is 0.200. The Morgan fingerprint density at radius 1 is 1.40 bits per heavy atom. The molecule has 2 aromatic heterocycles. The summed E-state index contributed by atoms with van der Waals surface area (Å²) < 4.78 is 4.99. The highest BCUT2D eigenvalue weighted by molar-refractivity contribution is 5.10. The molecule has 0 fully saturated rings. The molecule has 5 heteroatoms. The maximum atomic E-state index is 5.46. The lowest BCUT2D eigenvalue weighted by atomic mass is 10.1. The van der Waals surface area contributed by atoms with Crippen molar-refractivity contribution in [2.24, 2.45) is 5.84 Å². The van der Waals surface area contributed by atoms with Crippen molar-refractivity contribution < 1.29 is 4.42 Å². The van der Waals surface area contributed by atoms with Crippen LogP contribution in [0, 0.1) is 0 Å². The van der Waals surface area contributed by atoms with E-state index >= 15 is 0 Å². The molecule has 0 aliphatic rings. The smallest absolute Gasteiger partial charge is 0.146 e. The molecule has 3 N–H and O–H groups in total. The monoisotopic (exact) mass is 204 g/mol. The van der Waals surface area contributed by atoms with Crippen molar-refractivity contribution in [2.75, 3.05) is 0 Å². The van der Waals surface area contributed by atoms with Gasteiger partial charge in [0.05, 0.1) is 18.6 Å². The largest absolute Gasteiger partial charge is 0.472 e. The number of aromatic nitrogens is 2. The number of rotatable bonds is 4. The molecule has 0 aromatic carbocycles. The Labute approximate surface area is 87.3 Å². The minimum absolute atomic E-state index is 0.0937. The van der Waals surface area contributed by atoms with Gasteiger partial charge < -0.3 is 4.42 Å². The maximum absolute atomic E-state index is 5.46. The first-order valence-electron chi connectivity index (χ1n) is 4.64. The molecule has 5 nitrogen and oxygen atoms in total. The van der Waals surface area contributed by atoms with Gasteiger partial charge in [0.2, 0.25) is 0 Å². The number of hydrazine groups is 1. The zero-order valence-electron chi connectivity index (χ0n) is 8.13. The second-order valence-electron chi connectivity index (χ2n) is 3.16. The van der Waals surface area contributed by atoms with Gasteiger partial charge in [0.25, 0.3) is 0 Å². The average Bonchev–Trinajstić information content (AvgIpc) is 2.80. The van der Waals surface area contributed by atoms with Gasteiger partial charge in [0.1, 0.15) is 5.82 Å². The van der Waals surface area contributed by atoms with E-state index in [-0.39, 0.29) is 6.04 Å². The zero-order chi connectivity index (χ0) is 10.5. The summed E-state index contributed by atoms with van der Waals surface area (Å²) in [6, 6.07) is 3.58. The van der Waals surface area contributed by atoms with Crippen molar-refractivity contribution >= 4 is 0 Å². The van der Waals surface area contributed by atoms with Gasteiger partial charge >= 0.3 is 0 Å². The van der Waals surface area contributed by atoms with Crippen LogP contribution in [0.15, 0.2) is 41.5 Å². The summed E-state index contributed by atoms with van der Waals surface area (Å²) in [5.74, 6) is 6.14. The number of nitrogens with one attached hydrogen (secondary N) is 1. The highest BCUT2D eigenvalue weighted by atomic mass is 16.3. The Kier molecular flexibility index (Phi) is 3.06. The van der Waals surface area contributed by atoms with Gasteiger partial charge in [-0.2, -0.15) is 0 Å². The second kappa shape index (κ2) is 4.68. The Morgan fingerprint density at radius 2 is 2.20 bits per heavy atom. The molecular formula is C10H12N4O. The highest BCUT2D eigenvalue weighted by Gasteiger charge is 2.13. The SMILES string of the molecule is NNC(Cc1ccoc1)c1ncccn1. The number of nitrogens with two attached hydrogens (primary N) is 1. The summed E-state index contributed by atoms with van der Waals surface area (Å²) in [4.78, 5) is 8.29. The van der Waals surface area contributed by atoms with Crippen molar-refractivity contribution in [2.45, 2.75) is 12.5 Å². The van der Waals surface area contributed by atoms with E-state index in [1.54, 1.807) is 31.0 Å². The second-order valence-corrected chi connectivity index (χ2v) is 3.16. The third kappa shape index (κ3) is 2.39. The van der Waals surface area contributed by atoms with Crippen LogP contribution in [0.3, 0.4) is 0 Å².